The van der Waals surface area contributed by atoms with Crippen molar-refractivity contribution in [2.24, 2.45) is 0 Å². The fourth-order valence-electron chi connectivity index (χ4n) is 7.25. The van der Waals surface area contributed by atoms with Crippen LogP contribution in [-0.4, -0.2) is 4.57 Å². The van der Waals surface area contributed by atoms with Crippen molar-refractivity contribution in [3.05, 3.63) is 139 Å². The van der Waals surface area contributed by atoms with E-state index in [2.05, 4.69) is 146 Å². The smallest absolute Gasteiger partial charge is 0.0541 e. The lowest BCUT2D eigenvalue weighted by atomic mass is 9.81. The average Bonchev–Trinajstić information content (AvgIpc) is 3.63. The van der Waals surface area contributed by atoms with E-state index < -0.39 is 0 Å². The maximum Gasteiger partial charge on any atom is 0.0541 e. The highest BCUT2D eigenvalue weighted by atomic mass is 32.1. The molecule has 0 N–H and O–H groups in total. The molecule has 0 saturated heterocycles. The lowest BCUT2D eigenvalue weighted by molar-refractivity contribution is 0.660. The molecule has 0 saturated carbocycles. The fraction of sp³-hybridized carbons (Fsp3) is 0.0769. The Kier molecular flexibility index (Phi) is 4.61. The van der Waals surface area contributed by atoms with Crippen LogP contribution < -0.4 is 0 Å². The molecule has 1 aliphatic rings. The lowest BCUT2D eigenvalue weighted by Crippen LogP contribution is -2.15. The van der Waals surface area contributed by atoms with E-state index in [4.69, 9.17) is 0 Å². The van der Waals surface area contributed by atoms with Crippen LogP contribution in [0.25, 0.3) is 69.9 Å². The van der Waals surface area contributed by atoms with Crippen LogP contribution in [0.15, 0.2) is 127 Å². The van der Waals surface area contributed by atoms with Gasteiger partial charge in [0.1, 0.15) is 0 Å². The molecule has 9 rings (SSSR count). The molecule has 6 aromatic carbocycles. The fourth-order valence-corrected chi connectivity index (χ4v) is 8.38. The summed E-state index contributed by atoms with van der Waals surface area (Å²) in [6.07, 6.45) is 0. The van der Waals surface area contributed by atoms with Crippen molar-refractivity contribution in [3.8, 4) is 27.9 Å². The standard InChI is InChI=1S/C39H27NS/c1-39(2)32-22-24(26-13-9-17-37-38(26)31-12-5-8-16-36(31)41-37)18-20-27(32)28-21-19-25(23-33(28)39)40-34-14-6-3-10-29(34)30-11-4-7-15-35(30)40/h3-23H,1-2H3. The Hall–Kier alpha value is -4.66. The van der Waals surface area contributed by atoms with Gasteiger partial charge in [0.25, 0.3) is 0 Å². The number of thiophene rings is 1. The molecule has 0 bridgehead atoms. The topological polar surface area (TPSA) is 4.93 Å². The van der Waals surface area contributed by atoms with E-state index in [1.54, 1.807) is 0 Å². The van der Waals surface area contributed by atoms with Crippen LogP contribution in [-0.2, 0) is 5.41 Å². The molecule has 0 amide bonds. The highest BCUT2D eigenvalue weighted by molar-refractivity contribution is 7.25. The number of fused-ring (bicyclic) bond motifs is 9. The second kappa shape index (κ2) is 8.19. The highest BCUT2D eigenvalue weighted by Gasteiger charge is 2.36. The summed E-state index contributed by atoms with van der Waals surface area (Å²) in [5.41, 5.74) is 11.7. The van der Waals surface area contributed by atoms with E-state index in [1.165, 1.54) is 81.0 Å². The summed E-state index contributed by atoms with van der Waals surface area (Å²) in [4.78, 5) is 0. The predicted molar refractivity (Wildman–Crippen MR) is 177 cm³/mol. The molecule has 0 unspecified atom stereocenters. The SMILES string of the molecule is CC1(C)c2cc(-c3cccc4sc5ccccc5c34)ccc2-c2ccc(-n3c4ccccc4c4ccccc43)cc21. The van der Waals surface area contributed by atoms with Gasteiger partial charge in [0.2, 0.25) is 0 Å². The zero-order valence-electron chi connectivity index (χ0n) is 23.0. The van der Waals surface area contributed by atoms with Crippen molar-refractivity contribution < 1.29 is 0 Å². The van der Waals surface area contributed by atoms with Gasteiger partial charge in [-0.15, -0.1) is 11.3 Å². The van der Waals surface area contributed by atoms with Crippen LogP contribution in [0.1, 0.15) is 25.0 Å². The van der Waals surface area contributed by atoms with Crippen molar-refractivity contribution in [2.45, 2.75) is 19.3 Å². The molecule has 0 aliphatic heterocycles. The summed E-state index contributed by atoms with van der Waals surface area (Å²) in [6, 6.07) is 47.3. The molecule has 8 aromatic rings. The number of rotatable bonds is 2. The Morgan fingerprint density at radius 2 is 1.12 bits per heavy atom. The maximum atomic E-state index is 2.46. The third-order valence-electron chi connectivity index (χ3n) is 9.21. The first-order chi connectivity index (χ1) is 20.1. The van der Waals surface area contributed by atoms with Crippen LogP contribution >= 0.6 is 11.3 Å². The Labute approximate surface area is 242 Å². The van der Waals surface area contributed by atoms with E-state index in [0.717, 1.165) is 0 Å². The van der Waals surface area contributed by atoms with Crippen LogP contribution in [0.2, 0.25) is 0 Å². The van der Waals surface area contributed by atoms with Gasteiger partial charge in [-0.2, -0.15) is 0 Å². The van der Waals surface area contributed by atoms with Crippen molar-refractivity contribution in [1.82, 2.24) is 4.57 Å². The van der Waals surface area contributed by atoms with Crippen LogP contribution in [0.4, 0.5) is 0 Å². The van der Waals surface area contributed by atoms with Gasteiger partial charge in [0, 0.05) is 42.0 Å². The first-order valence-electron chi connectivity index (χ1n) is 14.3. The molecule has 194 valence electrons. The quantitative estimate of drug-likeness (QED) is 0.205. The average molecular weight is 542 g/mol. The van der Waals surface area contributed by atoms with Crippen LogP contribution in [0.5, 0.6) is 0 Å². The highest BCUT2D eigenvalue weighted by Crippen LogP contribution is 2.51. The van der Waals surface area contributed by atoms with Crippen molar-refractivity contribution >= 4 is 53.3 Å². The van der Waals surface area contributed by atoms with Gasteiger partial charge in [-0.25, -0.2) is 0 Å². The molecule has 0 atom stereocenters. The van der Waals surface area contributed by atoms with Crippen molar-refractivity contribution in [3.63, 3.8) is 0 Å². The van der Waals surface area contributed by atoms with E-state index in [9.17, 15) is 0 Å². The zero-order valence-corrected chi connectivity index (χ0v) is 23.8. The number of hydrogen-bond acceptors (Lipinski definition) is 1. The minimum absolute atomic E-state index is 0.111. The monoisotopic (exact) mass is 541 g/mol. The van der Waals surface area contributed by atoms with Crippen LogP contribution in [0, 0.1) is 0 Å². The molecular weight excluding hydrogens is 515 g/mol. The van der Waals surface area contributed by atoms with E-state index >= 15 is 0 Å². The Morgan fingerprint density at radius 3 is 1.88 bits per heavy atom. The molecule has 0 radical (unpaired) electrons. The Balaban J connectivity index is 1.23. The normalized spacial score (nSPS) is 13.8. The minimum atomic E-state index is -0.111. The third kappa shape index (κ3) is 3.11. The first kappa shape index (κ1) is 23.1. The molecule has 2 heterocycles. The summed E-state index contributed by atoms with van der Waals surface area (Å²) >= 11 is 1.88. The van der Waals surface area contributed by atoms with E-state index in [-0.39, 0.29) is 5.41 Å². The lowest BCUT2D eigenvalue weighted by Gasteiger charge is -2.23. The second-order valence-electron chi connectivity index (χ2n) is 11.8. The number of benzene rings is 6. The van der Waals surface area contributed by atoms with Gasteiger partial charge in [-0.05, 0) is 75.8 Å². The molecule has 1 nitrogen and oxygen atoms in total. The summed E-state index contributed by atoms with van der Waals surface area (Å²) in [7, 11) is 0. The van der Waals surface area contributed by atoms with Gasteiger partial charge in [-0.1, -0.05) is 98.8 Å². The molecule has 1 aliphatic carbocycles. The van der Waals surface area contributed by atoms with Gasteiger partial charge in [-0.3, -0.25) is 0 Å². The zero-order chi connectivity index (χ0) is 27.3. The summed E-state index contributed by atoms with van der Waals surface area (Å²) in [6.45, 7) is 4.77. The summed E-state index contributed by atoms with van der Waals surface area (Å²) < 4.78 is 5.13. The minimum Gasteiger partial charge on any atom is -0.309 e. The molecule has 0 spiro atoms. The van der Waals surface area contributed by atoms with E-state index in [0.29, 0.717) is 0 Å². The summed E-state index contributed by atoms with van der Waals surface area (Å²) in [5, 5.41) is 5.31. The van der Waals surface area contributed by atoms with Crippen LogP contribution in [0.3, 0.4) is 0 Å². The summed E-state index contributed by atoms with van der Waals surface area (Å²) in [5.74, 6) is 0. The van der Waals surface area contributed by atoms with Gasteiger partial charge >= 0.3 is 0 Å². The van der Waals surface area contributed by atoms with Crippen molar-refractivity contribution in [2.75, 3.05) is 0 Å². The number of aromatic nitrogens is 1. The van der Waals surface area contributed by atoms with E-state index in [1.807, 2.05) is 11.3 Å². The molecule has 2 heteroatoms. The Morgan fingerprint density at radius 1 is 0.512 bits per heavy atom. The van der Waals surface area contributed by atoms with Gasteiger partial charge < -0.3 is 4.57 Å². The first-order valence-corrected chi connectivity index (χ1v) is 15.1. The Bertz CT molecular complexity index is 2290. The molecule has 41 heavy (non-hydrogen) atoms. The molecule has 2 aromatic heterocycles. The predicted octanol–water partition coefficient (Wildman–Crippen LogP) is 11.1. The molecular formula is C39H27NS. The van der Waals surface area contributed by atoms with Gasteiger partial charge in [0.05, 0.1) is 11.0 Å². The van der Waals surface area contributed by atoms with Crippen molar-refractivity contribution in [1.29, 1.82) is 0 Å². The number of nitrogens with zero attached hydrogens (tertiary/aromatic N) is 1. The third-order valence-corrected chi connectivity index (χ3v) is 10.3. The van der Waals surface area contributed by atoms with Gasteiger partial charge in [0.15, 0.2) is 0 Å². The number of para-hydroxylation sites is 2. The second-order valence-corrected chi connectivity index (χ2v) is 12.8. The largest absolute Gasteiger partial charge is 0.309 e. The number of hydrogen-bond donors (Lipinski definition) is 0. The maximum absolute atomic E-state index is 2.46. The molecule has 0 fully saturated rings.